The van der Waals surface area contributed by atoms with Gasteiger partial charge in [0.2, 0.25) is 0 Å². The van der Waals surface area contributed by atoms with Crippen LogP contribution in [0.5, 0.6) is 0 Å². The molecule has 0 N–H and O–H groups in total. The minimum absolute atomic E-state index is 0.0247. The van der Waals surface area contributed by atoms with Gasteiger partial charge >= 0.3 is 0 Å². The molecule has 1 heteroatoms. The fraction of sp³-hybridized carbons (Fsp3) is 0.0833. The van der Waals surface area contributed by atoms with Gasteiger partial charge in [0.15, 0.2) is 0 Å². The Bertz CT molecular complexity index is 380. The second kappa shape index (κ2) is 4.45. The lowest BCUT2D eigenvalue weighted by Gasteiger charge is -2.14. The maximum atomic E-state index is 5.40. The first-order valence-electron chi connectivity index (χ1n) is 3.97. The zero-order valence-electron chi connectivity index (χ0n) is 7.33. The van der Waals surface area contributed by atoms with Crippen molar-refractivity contribution in [2.75, 3.05) is 0 Å². The van der Waals surface area contributed by atoms with E-state index in [0.717, 1.165) is 5.57 Å². The van der Waals surface area contributed by atoms with E-state index in [0.29, 0.717) is 0 Å². The molecule has 1 aliphatic carbocycles. The van der Waals surface area contributed by atoms with E-state index in [-0.39, 0.29) is 15.0 Å². The molecular formula is C12H10Si. The number of hydrogen-bond acceptors (Lipinski definition) is 0. The van der Waals surface area contributed by atoms with Crippen molar-refractivity contribution in [3.05, 3.63) is 36.1 Å². The molecule has 0 fully saturated rings. The molecule has 0 aromatic carbocycles. The van der Waals surface area contributed by atoms with Gasteiger partial charge in [-0.15, -0.1) is 19.4 Å². The van der Waals surface area contributed by atoms with Gasteiger partial charge < -0.3 is 0 Å². The first kappa shape index (κ1) is 9.51. The second-order valence-electron chi connectivity index (χ2n) is 2.61. The quantitative estimate of drug-likeness (QED) is 0.421. The van der Waals surface area contributed by atoms with Crippen LogP contribution in [0.3, 0.4) is 0 Å². The molecular weight excluding hydrogens is 172 g/mol. The summed E-state index contributed by atoms with van der Waals surface area (Å²) >= 11 is 0. The minimum atomic E-state index is 0.0247. The summed E-state index contributed by atoms with van der Waals surface area (Å²) in [5.74, 6) is 5.44. The number of terminal acetylenes is 2. The van der Waals surface area contributed by atoms with Crippen molar-refractivity contribution >= 4 is 14.3 Å². The third-order valence-electron chi connectivity index (χ3n) is 1.84. The van der Waals surface area contributed by atoms with Gasteiger partial charge in [0, 0.05) is 14.7 Å². The maximum absolute atomic E-state index is 5.40. The van der Waals surface area contributed by atoms with Gasteiger partial charge in [-0.2, -0.15) is 0 Å². The van der Waals surface area contributed by atoms with Crippen LogP contribution in [-0.2, 0) is 0 Å². The van der Waals surface area contributed by atoms with Gasteiger partial charge in [0.25, 0.3) is 0 Å². The van der Waals surface area contributed by atoms with E-state index in [1.165, 1.54) is 5.17 Å². The van der Waals surface area contributed by atoms with Crippen molar-refractivity contribution < 1.29 is 0 Å². The fourth-order valence-electron chi connectivity index (χ4n) is 1.23. The molecule has 0 heterocycles. The van der Waals surface area contributed by atoms with E-state index in [4.69, 9.17) is 12.8 Å². The lowest BCUT2D eigenvalue weighted by molar-refractivity contribution is 1.20. The normalized spacial score (nSPS) is 23.1. The molecule has 1 rings (SSSR count). The molecule has 62 valence electrons. The van der Waals surface area contributed by atoms with Crippen molar-refractivity contribution in [2.45, 2.75) is 0 Å². The van der Waals surface area contributed by atoms with Crippen LogP contribution >= 0.6 is 0 Å². The number of rotatable bonds is 1. The van der Waals surface area contributed by atoms with Gasteiger partial charge in [-0.05, 0) is 11.2 Å². The second-order valence-corrected chi connectivity index (χ2v) is 4.04. The summed E-state index contributed by atoms with van der Waals surface area (Å²) in [5, 5.41) is 1.18. The van der Waals surface area contributed by atoms with Crippen molar-refractivity contribution in [2.24, 2.45) is 5.92 Å². The van der Waals surface area contributed by atoms with Crippen molar-refractivity contribution in [1.82, 2.24) is 0 Å². The van der Waals surface area contributed by atoms with Crippen LogP contribution in [-0.4, -0.2) is 14.3 Å². The minimum Gasteiger partial charge on any atom is -0.119 e. The molecule has 13 heavy (non-hydrogen) atoms. The van der Waals surface area contributed by atoms with Crippen LogP contribution in [0, 0.1) is 30.6 Å². The maximum Gasteiger partial charge on any atom is 0.0603 e. The highest BCUT2D eigenvalue weighted by atomic mass is 28.2. The molecule has 0 nitrogen and oxygen atoms in total. The predicted molar refractivity (Wildman–Crippen MR) is 60.7 cm³/mol. The fourth-order valence-corrected chi connectivity index (χ4v) is 2.26. The Hall–Kier alpha value is -1.57. The van der Waals surface area contributed by atoms with Crippen molar-refractivity contribution in [3.63, 3.8) is 0 Å². The van der Waals surface area contributed by atoms with Gasteiger partial charge in [-0.25, -0.2) is 0 Å². The standard InChI is InChI=1S/C12H10Si/c1-4-10-8-7-9-11(5-2)12(10)13-6-3/h1-2,6-10,13H,3H2. The largest absolute Gasteiger partial charge is 0.119 e. The van der Waals surface area contributed by atoms with Gasteiger partial charge in [-0.3, -0.25) is 0 Å². The first-order valence-corrected chi connectivity index (χ1v) is 5.22. The highest BCUT2D eigenvalue weighted by Crippen LogP contribution is 2.13. The Labute approximate surface area is 81.5 Å². The Kier molecular flexibility index (Phi) is 3.26. The molecule has 1 unspecified atom stereocenters. The zero-order valence-corrected chi connectivity index (χ0v) is 8.48. The van der Waals surface area contributed by atoms with Crippen molar-refractivity contribution in [1.29, 1.82) is 0 Å². The zero-order chi connectivity index (χ0) is 9.68. The summed E-state index contributed by atoms with van der Waals surface area (Å²) in [6.45, 7) is 3.72. The highest BCUT2D eigenvalue weighted by Gasteiger charge is 2.12. The number of allylic oxidation sites excluding steroid dienone is 4. The SMILES string of the molecule is C#CC1=CC=CC(C#C)C1=[SiH]C=C. The Morgan fingerprint density at radius 2 is 2.31 bits per heavy atom. The van der Waals surface area contributed by atoms with E-state index in [1.54, 1.807) is 0 Å². The highest BCUT2D eigenvalue weighted by molar-refractivity contribution is 6.63. The van der Waals surface area contributed by atoms with Crippen LogP contribution < -0.4 is 0 Å². The van der Waals surface area contributed by atoms with E-state index in [9.17, 15) is 0 Å². The molecule has 0 bridgehead atoms. The molecule has 0 saturated carbocycles. The first-order chi connectivity index (χ1) is 6.33. The summed E-state index contributed by atoms with van der Waals surface area (Å²) in [5.41, 5.74) is 2.84. The van der Waals surface area contributed by atoms with Gasteiger partial charge in [0.1, 0.15) is 0 Å². The molecule has 0 aromatic rings. The smallest absolute Gasteiger partial charge is 0.0603 e. The molecule has 0 aromatic heterocycles. The summed E-state index contributed by atoms with van der Waals surface area (Å²) in [4.78, 5) is 0. The predicted octanol–water partition coefficient (Wildman–Crippen LogP) is 1.12. The molecule has 0 spiro atoms. The van der Waals surface area contributed by atoms with Crippen molar-refractivity contribution in [3.8, 4) is 24.7 Å². The molecule has 0 aliphatic heterocycles. The molecule has 0 saturated heterocycles. The van der Waals surface area contributed by atoms with E-state index in [2.05, 4.69) is 18.4 Å². The van der Waals surface area contributed by atoms with Crippen LogP contribution in [0.4, 0.5) is 0 Å². The summed E-state index contributed by atoms with van der Waals surface area (Å²) in [6.07, 6.45) is 16.6. The average Bonchev–Trinajstić information content (AvgIpc) is 2.18. The summed E-state index contributed by atoms with van der Waals surface area (Å²) in [6, 6.07) is 0. The Morgan fingerprint density at radius 1 is 1.54 bits per heavy atom. The summed E-state index contributed by atoms with van der Waals surface area (Å²) in [7, 11) is 0.0247. The van der Waals surface area contributed by atoms with Crippen LogP contribution in [0.15, 0.2) is 36.1 Å². The lowest BCUT2D eigenvalue weighted by Crippen LogP contribution is -2.18. The monoisotopic (exact) mass is 182 g/mol. The molecule has 1 aliphatic rings. The third-order valence-corrected chi connectivity index (χ3v) is 3.11. The molecule has 0 amide bonds. The Morgan fingerprint density at radius 3 is 2.85 bits per heavy atom. The van der Waals surface area contributed by atoms with Gasteiger partial charge in [0.05, 0.1) is 5.92 Å². The molecule has 0 radical (unpaired) electrons. The van der Waals surface area contributed by atoms with E-state index < -0.39 is 0 Å². The topological polar surface area (TPSA) is 0 Å². The van der Waals surface area contributed by atoms with E-state index in [1.807, 2.05) is 23.9 Å². The molecule has 1 atom stereocenters. The lowest BCUT2D eigenvalue weighted by atomic mass is 9.95. The Balaban J connectivity index is 3.14. The van der Waals surface area contributed by atoms with Gasteiger partial charge in [-0.1, -0.05) is 29.7 Å². The van der Waals surface area contributed by atoms with Crippen LogP contribution in [0.1, 0.15) is 0 Å². The van der Waals surface area contributed by atoms with E-state index >= 15 is 0 Å². The van der Waals surface area contributed by atoms with Crippen LogP contribution in [0.25, 0.3) is 0 Å². The summed E-state index contributed by atoms with van der Waals surface area (Å²) < 4.78 is 0. The average molecular weight is 182 g/mol. The van der Waals surface area contributed by atoms with Crippen LogP contribution in [0.2, 0.25) is 0 Å². The number of hydrogen-bond donors (Lipinski definition) is 0. The third kappa shape index (κ3) is 1.96.